The van der Waals surface area contributed by atoms with Gasteiger partial charge in [0.05, 0.1) is 17.8 Å². The van der Waals surface area contributed by atoms with Gasteiger partial charge in [-0.05, 0) is 42.3 Å². The number of rotatable bonds is 3. The Hall–Kier alpha value is -3.46. The van der Waals surface area contributed by atoms with E-state index < -0.39 is 0 Å². The highest BCUT2D eigenvalue weighted by Crippen LogP contribution is 2.32. The molecule has 6 nitrogen and oxygen atoms in total. The molecular formula is C18H14N6. The third-order valence-electron chi connectivity index (χ3n) is 3.96. The number of nitrogens with zero attached hydrogens (tertiary/aromatic N) is 5. The van der Waals surface area contributed by atoms with E-state index >= 15 is 0 Å². The minimum absolute atomic E-state index is 0.582. The van der Waals surface area contributed by atoms with Crippen LogP contribution in [0.2, 0.25) is 0 Å². The van der Waals surface area contributed by atoms with E-state index in [1.807, 2.05) is 24.3 Å². The van der Waals surface area contributed by atoms with Gasteiger partial charge in [0.1, 0.15) is 0 Å². The second-order valence-electron chi connectivity index (χ2n) is 5.49. The van der Waals surface area contributed by atoms with Gasteiger partial charge in [-0.25, -0.2) is 0 Å². The first kappa shape index (κ1) is 14.2. The van der Waals surface area contributed by atoms with E-state index in [9.17, 15) is 0 Å². The molecule has 4 rings (SSSR count). The molecule has 3 aromatic rings. The Bertz CT molecular complexity index is 913. The monoisotopic (exact) mass is 314 g/mol. The summed E-state index contributed by atoms with van der Waals surface area (Å²) < 4.78 is 0. The zero-order valence-electron chi connectivity index (χ0n) is 12.8. The van der Waals surface area contributed by atoms with Gasteiger partial charge >= 0.3 is 0 Å². The van der Waals surface area contributed by atoms with Crippen molar-refractivity contribution in [3.8, 4) is 6.07 Å². The number of nitriles is 1. The lowest BCUT2D eigenvalue weighted by Gasteiger charge is -2.17. The van der Waals surface area contributed by atoms with Gasteiger partial charge in [-0.15, -0.1) is 5.10 Å². The molecule has 1 N–H and O–H groups in total. The fourth-order valence-electron chi connectivity index (χ4n) is 2.79. The quantitative estimate of drug-likeness (QED) is 0.800. The van der Waals surface area contributed by atoms with E-state index in [2.05, 4.69) is 43.6 Å². The van der Waals surface area contributed by atoms with Crippen molar-refractivity contribution in [1.29, 1.82) is 5.26 Å². The van der Waals surface area contributed by atoms with E-state index in [0.717, 1.165) is 24.3 Å². The highest BCUT2D eigenvalue weighted by molar-refractivity contribution is 5.66. The minimum atomic E-state index is 0.582. The highest BCUT2D eigenvalue weighted by Gasteiger charge is 2.22. The first-order chi connectivity index (χ1) is 11.8. The normalized spacial score (nSPS) is 12.5. The van der Waals surface area contributed by atoms with Crippen LogP contribution in [0.4, 0.5) is 23.1 Å². The van der Waals surface area contributed by atoms with Crippen LogP contribution in [-0.2, 0) is 6.42 Å². The lowest BCUT2D eigenvalue weighted by Crippen LogP contribution is -2.17. The summed E-state index contributed by atoms with van der Waals surface area (Å²) in [4.78, 5) is 6.64. The van der Waals surface area contributed by atoms with Crippen molar-refractivity contribution >= 4 is 23.1 Å². The van der Waals surface area contributed by atoms with Gasteiger partial charge in [-0.2, -0.15) is 15.3 Å². The summed E-state index contributed by atoms with van der Waals surface area (Å²) in [6, 6.07) is 17.6. The third-order valence-corrected chi connectivity index (χ3v) is 3.96. The van der Waals surface area contributed by atoms with Gasteiger partial charge in [0.2, 0.25) is 0 Å². The summed E-state index contributed by atoms with van der Waals surface area (Å²) in [6.45, 7) is 0.849. The average Bonchev–Trinajstić information content (AvgIpc) is 3.07. The predicted molar refractivity (Wildman–Crippen MR) is 91.4 cm³/mol. The zero-order chi connectivity index (χ0) is 16.4. The van der Waals surface area contributed by atoms with E-state index in [1.54, 1.807) is 18.3 Å². The molecule has 0 bridgehead atoms. The van der Waals surface area contributed by atoms with Crippen LogP contribution in [0.5, 0.6) is 0 Å². The molecular weight excluding hydrogens is 300 g/mol. The number of anilines is 4. The van der Waals surface area contributed by atoms with E-state index in [-0.39, 0.29) is 0 Å². The van der Waals surface area contributed by atoms with Crippen molar-refractivity contribution in [2.75, 3.05) is 16.8 Å². The van der Waals surface area contributed by atoms with Crippen LogP contribution in [0.25, 0.3) is 0 Å². The lowest BCUT2D eigenvalue weighted by atomic mass is 10.2. The van der Waals surface area contributed by atoms with Crippen LogP contribution < -0.4 is 10.2 Å². The maximum absolute atomic E-state index is 8.85. The fraction of sp³-hybridized carbons (Fsp3) is 0.111. The first-order valence-electron chi connectivity index (χ1n) is 7.66. The summed E-state index contributed by atoms with van der Waals surface area (Å²) in [5.74, 6) is 1.20. The van der Waals surface area contributed by atoms with Crippen molar-refractivity contribution in [2.24, 2.45) is 0 Å². The summed E-state index contributed by atoms with van der Waals surface area (Å²) in [5.41, 5.74) is 3.90. The number of aromatic nitrogens is 3. The van der Waals surface area contributed by atoms with Gasteiger partial charge in [0, 0.05) is 17.9 Å². The smallest absolute Gasteiger partial charge is 0.251 e. The summed E-state index contributed by atoms with van der Waals surface area (Å²) in [7, 11) is 0. The summed E-state index contributed by atoms with van der Waals surface area (Å²) in [5, 5.41) is 20.3. The molecule has 0 amide bonds. The molecule has 2 aromatic carbocycles. The topological polar surface area (TPSA) is 77.7 Å². The molecule has 24 heavy (non-hydrogen) atoms. The Morgan fingerprint density at radius 2 is 1.92 bits per heavy atom. The second-order valence-corrected chi connectivity index (χ2v) is 5.49. The lowest BCUT2D eigenvalue weighted by molar-refractivity contribution is 0.887. The highest BCUT2D eigenvalue weighted by atomic mass is 15.3. The standard InChI is InChI=1S/C18H14N6/c19-11-13-5-7-15(8-6-13)21-17-12-20-23-18(22-17)24-10-9-14-3-1-2-4-16(14)24/h1-8,12H,9-10H2,(H,21,22,23). The molecule has 0 radical (unpaired) electrons. The SMILES string of the molecule is N#Cc1ccc(Nc2cnnc(N3CCc4ccccc43)n2)cc1. The van der Waals surface area contributed by atoms with Crippen molar-refractivity contribution in [3.63, 3.8) is 0 Å². The van der Waals surface area contributed by atoms with Crippen molar-refractivity contribution < 1.29 is 0 Å². The molecule has 0 fully saturated rings. The van der Waals surface area contributed by atoms with E-state index in [4.69, 9.17) is 5.26 Å². The third kappa shape index (κ3) is 2.63. The largest absolute Gasteiger partial charge is 0.339 e. The molecule has 0 atom stereocenters. The predicted octanol–water partition coefficient (Wildman–Crippen LogP) is 3.18. The van der Waals surface area contributed by atoms with Gasteiger partial charge in [0.15, 0.2) is 5.82 Å². The Labute approximate surface area is 139 Å². The van der Waals surface area contributed by atoms with Crippen LogP contribution in [0.1, 0.15) is 11.1 Å². The first-order valence-corrected chi connectivity index (χ1v) is 7.66. The number of fused-ring (bicyclic) bond motifs is 1. The van der Waals surface area contributed by atoms with Gasteiger partial charge < -0.3 is 10.2 Å². The number of hydrogen-bond donors (Lipinski definition) is 1. The molecule has 1 aromatic heterocycles. The maximum Gasteiger partial charge on any atom is 0.251 e. The number of hydrogen-bond acceptors (Lipinski definition) is 6. The Balaban J connectivity index is 1.59. The summed E-state index contributed by atoms with van der Waals surface area (Å²) in [6.07, 6.45) is 2.57. The van der Waals surface area contributed by atoms with Crippen LogP contribution in [-0.4, -0.2) is 21.7 Å². The molecule has 116 valence electrons. The van der Waals surface area contributed by atoms with E-state index in [0.29, 0.717) is 17.3 Å². The van der Waals surface area contributed by atoms with Crippen molar-refractivity contribution in [2.45, 2.75) is 6.42 Å². The Morgan fingerprint density at radius 3 is 2.75 bits per heavy atom. The fourth-order valence-corrected chi connectivity index (χ4v) is 2.79. The molecule has 0 unspecified atom stereocenters. The van der Waals surface area contributed by atoms with Crippen LogP contribution in [0, 0.1) is 11.3 Å². The summed E-state index contributed by atoms with van der Waals surface area (Å²) >= 11 is 0. The molecule has 0 saturated heterocycles. The molecule has 0 saturated carbocycles. The van der Waals surface area contributed by atoms with Crippen molar-refractivity contribution in [1.82, 2.24) is 15.2 Å². The van der Waals surface area contributed by atoms with Gasteiger partial charge in [0.25, 0.3) is 5.95 Å². The van der Waals surface area contributed by atoms with Crippen LogP contribution in [0.15, 0.2) is 54.7 Å². The van der Waals surface area contributed by atoms with Gasteiger partial charge in [-0.1, -0.05) is 18.2 Å². The molecule has 0 spiro atoms. The number of para-hydroxylation sites is 1. The van der Waals surface area contributed by atoms with Gasteiger partial charge in [-0.3, -0.25) is 0 Å². The number of benzene rings is 2. The minimum Gasteiger partial charge on any atom is -0.339 e. The Morgan fingerprint density at radius 1 is 1.08 bits per heavy atom. The van der Waals surface area contributed by atoms with Crippen molar-refractivity contribution in [3.05, 3.63) is 65.9 Å². The van der Waals surface area contributed by atoms with Crippen LogP contribution >= 0.6 is 0 Å². The van der Waals surface area contributed by atoms with E-state index in [1.165, 1.54) is 5.56 Å². The molecule has 6 heteroatoms. The Kier molecular flexibility index (Phi) is 3.52. The second kappa shape index (κ2) is 5.97. The molecule has 2 heterocycles. The molecule has 1 aliphatic rings. The molecule has 0 aliphatic carbocycles. The average molecular weight is 314 g/mol. The van der Waals surface area contributed by atoms with Crippen LogP contribution in [0.3, 0.4) is 0 Å². The number of nitrogens with one attached hydrogen (secondary N) is 1. The zero-order valence-corrected chi connectivity index (χ0v) is 12.8. The molecule has 1 aliphatic heterocycles. The maximum atomic E-state index is 8.85.